The van der Waals surface area contributed by atoms with Gasteiger partial charge in [0, 0.05) is 0 Å². The smallest absolute Gasteiger partial charge is 0.247 e. The normalized spacial score (nSPS) is 31.8. The first-order valence-electron chi connectivity index (χ1n) is 5.99. The van der Waals surface area contributed by atoms with Crippen LogP contribution in [0.5, 0.6) is 0 Å². The number of nitriles is 2. The molecule has 0 aromatic heterocycles. The molecular formula is C12H14N4O4. The Kier molecular flexibility index (Phi) is 4.76. The average Bonchev–Trinajstić information content (AvgIpc) is 2.46. The topological polar surface area (TPSA) is 125 Å². The number of nitrogens with zero attached hydrogens (tertiary/aromatic N) is 4. The number of hydrogen-bond donors (Lipinski definition) is 0. The summed E-state index contributed by atoms with van der Waals surface area (Å²) in [7, 11) is 0. The van der Waals surface area contributed by atoms with E-state index in [9.17, 15) is 9.59 Å². The van der Waals surface area contributed by atoms with Gasteiger partial charge in [0.05, 0.1) is 25.0 Å². The predicted octanol–water partition coefficient (Wildman–Crippen LogP) is 1.58. The van der Waals surface area contributed by atoms with E-state index in [1.54, 1.807) is 0 Å². The van der Waals surface area contributed by atoms with Crippen LogP contribution in [0.15, 0.2) is 10.2 Å². The Morgan fingerprint density at radius 2 is 1.30 bits per heavy atom. The Balaban J connectivity index is 3.02. The maximum Gasteiger partial charge on any atom is 0.355 e. The Morgan fingerprint density at radius 3 is 1.60 bits per heavy atom. The fraction of sp³-hybridized carbons (Fsp3) is 0.667. The lowest BCUT2D eigenvalue weighted by molar-refractivity contribution is -0.259. The molecule has 0 spiro atoms. The van der Waals surface area contributed by atoms with Gasteiger partial charge >= 0.3 is 11.9 Å². The second-order valence-corrected chi connectivity index (χ2v) is 4.88. The second-order valence-electron chi connectivity index (χ2n) is 4.88. The van der Waals surface area contributed by atoms with Crippen LogP contribution in [0.4, 0.5) is 0 Å². The van der Waals surface area contributed by atoms with Gasteiger partial charge in [-0.15, -0.1) is 0 Å². The summed E-state index contributed by atoms with van der Waals surface area (Å²) < 4.78 is 0. The molecule has 0 N–H and O–H groups in total. The van der Waals surface area contributed by atoms with Gasteiger partial charge in [-0.1, -0.05) is 0 Å². The van der Waals surface area contributed by atoms with E-state index in [0.29, 0.717) is 0 Å². The minimum atomic E-state index is -1.24. The standard InChI is InChI=1S/C12H14N4O4/c1-11(7-13)5-3-9(17)19-20-10(18)4-6-12(2,8-14)16-15-11/h3-6H2,1-2H3. The zero-order valence-electron chi connectivity index (χ0n) is 11.3. The Labute approximate surface area is 115 Å². The zero-order chi connectivity index (χ0) is 15.2. The van der Waals surface area contributed by atoms with E-state index < -0.39 is 23.0 Å². The molecule has 8 nitrogen and oxygen atoms in total. The zero-order valence-corrected chi connectivity index (χ0v) is 11.3. The SMILES string of the molecule is CC1(C#N)CCC(=O)OOC(=O)CCC(C)(C#N)N=N1. The fourth-order valence-electron chi connectivity index (χ4n) is 1.34. The van der Waals surface area contributed by atoms with Crippen LogP contribution in [0.1, 0.15) is 39.5 Å². The van der Waals surface area contributed by atoms with E-state index in [4.69, 9.17) is 10.5 Å². The number of azo groups is 1. The summed E-state index contributed by atoms with van der Waals surface area (Å²) in [5, 5.41) is 25.9. The first kappa shape index (κ1) is 15.6. The number of carbonyl (C=O) groups is 2. The molecule has 106 valence electrons. The molecule has 0 amide bonds. The monoisotopic (exact) mass is 278 g/mol. The van der Waals surface area contributed by atoms with E-state index in [2.05, 4.69) is 20.0 Å². The highest BCUT2D eigenvalue weighted by molar-refractivity contribution is 5.73. The third-order valence-corrected chi connectivity index (χ3v) is 2.83. The molecule has 0 aliphatic carbocycles. The Bertz CT molecular complexity index is 473. The van der Waals surface area contributed by atoms with Crippen LogP contribution in [0, 0.1) is 22.7 Å². The molecule has 1 heterocycles. The molecule has 0 bridgehead atoms. The van der Waals surface area contributed by atoms with Crippen LogP contribution in [0.3, 0.4) is 0 Å². The molecule has 0 aromatic rings. The highest BCUT2D eigenvalue weighted by atomic mass is 17.2. The lowest BCUT2D eigenvalue weighted by Gasteiger charge is -2.19. The minimum Gasteiger partial charge on any atom is -0.247 e. The van der Waals surface area contributed by atoms with Crippen LogP contribution >= 0.6 is 0 Å². The molecule has 2 atom stereocenters. The van der Waals surface area contributed by atoms with E-state index in [-0.39, 0.29) is 25.7 Å². The highest BCUT2D eigenvalue weighted by Crippen LogP contribution is 2.24. The minimum absolute atomic E-state index is 0.0465. The van der Waals surface area contributed by atoms with Gasteiger partial charge in [-0.2, -0.15) is 20.8 Å². The van der Waals surface area contributed by atoms with Crippen LogP contribution in [-0.2, 0) is 19.4 Å². The molecular weight excluding hydrogens is 264 g/mol. The maximum absolute atomic E-state index is 11.3. The van der Waals surface area contributed by atoms with E-state index >= 15 is 0 Å². The summed E-state index contributed by atoms with van der Waals surface area (Å²) >= 11 is 0. The van der Waals surface area contributed by atoms with Gasteiger partial charge in [-0.05, 0) is 26.7 Å². The quantitative estimate of drug-likeness (QED) is 0.619. The Morgan fingerprint density at radius 1 is 0.950 bits per heavy atom. The van der Waals surface area contributed by atoms with Crippen LogP contribution in [-0.4, -0.2) is 23.0 Å². The summed E-state index contributed by atoms with van der Waals surface area (Å²) in [5.74, 6) is -1.53. The van der Waals surface area contributed by atoms with Crippen LogP contribution in [0.2, 0.25) is 0 Å². The largest absolute Gasteiger partial charge is 0.355 e. The molecule has 0 saturated heterocycles. The summed E-state index contributed by atoms with van der Waals surface area (Å²) in [4.78, 5) is 31.2. The van der Waals surface area contributed by atoms with Crippen molar-refractivity contribution in [1.29, 1.82) is 10.5 Å². The number of rotatable bonds is 0. The van der Waals surface area contributed by atoms with Crippen molar-refractivity contribution in [3.05, 3.63) is 0 Å². The van der Waals surface area contributed by atoms with Crippen molar-refractivity contribution >= 4 is 11.9 Å². The van der Waals surface area contributed by atoms with Crippen molar-refractivity contribution in [3.63, 3.8) is 0 Å². The average molecular weight is 278 g/mol. The van der Waals surface area contributed by atoms with Gasteiger partial charge in [-0.25, -0.2) is 19.4 Å². The lowest BCUT2D eigenvalue weighted by Crippen LogP contribution is -2.27. The van der Waals surface area contributed by atoms with Crippen molar-refractivity contribution in [2.24, 2.45) is 10.2 Å². The Hall–Kier alpha value is -2.48. The van der Waals surface area contributed by atoms with Crippen LogP contribution in [0.25, 0.3) is 0 Å². The number of carbonyl (C=O) groups excluding carboxylic acids is 2. The van der Waals surface area contributed by atoms with Crippen LogP contribution < -0.4 is 0 Å². The van der Waals surface area contributed by atoms with Crippen molar-refractivity contribution < 1.29 is 19.4 Å². The molecule has 0 fully saturated rings. The molecule has 1 aliphatic heterocycles. The van der Waals surface area contributed by atoms with Gasteiger partial charge in [0.2, 0.25) is 0 Å². The first-order valence-corrected chi connectivity index (χ1v) is 5.99. The van der Waals surface area contributed by atoms with E-state index in [1.807, 2.05) is 12.1 Å². The first-order chi connectivity index (χ1) is 9.32. The lowest BCUT2D eigenvalue weighted by atomic mass is 9.97. The van der Waals surface area contributed by atoms with Gasteiger partial charge in [0.1, 0.15) is 0 Å². The van der Waals surface area contributed by atoms with Gasteiger partial charge in [-0.3, -0.25) is 0 Å². The molecule has 1 aliphatic rings. The summed E-state index contributed by atoms with van der Waals surface area (Å²) in [5.41, 5.74) is -2.47. The van der Waals surface area contributed by atoms with Gasteiger partial charge < -0.3 is 0 Å². The van der Waals surface area contributed by atoms with Crippen molar-refractivity contribution in [2.45, 2.75) is 50.6 Å². The molecule has 0 saturated carbocycles. The summed E-state index contributed by atoms with van der Waals surface area (Å²) in [6, 6.07) is 3.88. The maximum atomic E-state index is 11.3. The summed E-state index contributed by atoms with van der Waals surface area (Å²) in [6.45, 7) is 3.00. The number of hydrogen-bond acceptors (Lipinski definition) is 8. The third-order valence-electron chi connectivity index (χ3n) is 2.83. The summed E-state index contributed by atoms with van der Waals surface area (Å²) in [6.07, 6.45) is -0.213. The van der Waals surface area contributed by atoms with E-state index in [0.717, 1.165) is 0 Å². The third kappa shape index (κ3) is 4.32. The molecule has 0 aromatic carbocycles. The fourth-order valence-corrected chi connectivity index (χ4v) is 1.34. The van der Waals surface area contributed by atoms with Gasteiger partial charge in [0.15, 0.2) is 11.1 Å². The molecule has 20 heavy (non-hydrogen) atoms. The van der Waals surface area contributed by atoms with E-state index in [1.165, 1.54) is 13.8 Å². The van der Waals surface area contributed by atoms with Crippen molar-refractivity contribution in [2.75, 3.05) is 0 Å². The van der Waals surface area contributed by atoms with Crippen molar-refractivity contribution in [3.8, 4) is 12.1 Å². The molecule has 1 rings (SSSR count). The molecule has 0 radical (unpaired) electrons. The molecule has 2 unspecified atom stereocenters. The van der Waals surface area contributed by atoms with Gasteiger partial charge in [0.25, 0.3) is 0 Å². The highest BCUT2D eigenvalue weighted by Gasteiger charge is 2.31. The van der Waals surface area contributed by atoms with Crippen molar-refractivity contribution in [1.82, 2.24) is 0 Å². The predicted molar refractivity (Wildman–Crippen MR) is 63.5 cm³/mol. The second kappa shape index (κ2) is 6.11. The molecule has 8 heteroatoms.